The number of nitrogens with zero attached hydrogens (tertiary/aromatic N) is 1. The topological polar surface area (TPSA) is 64.1 Å². The standard InChI is InChI=1S/C17H19N3O/c1-2-19-15(9-12-7-8-20-17(18)10-12)14-11-21-16-6-4-3-5-13(14)16/h3-8,10-11,15,19H,2,9H2,1H3,(H2,18,20). The van der Waals surface area contributed by atoms with Crippen LogP contribution in [0.4, 0.5) is 5.82 Å². The molecule has 0 fully saturated rings. The molecular formula is C17H19N3O. The highest BCUT2D eigenvalue weighted by Gasteiger charge is 2.16. The number of benzene rings is 1. The molecule has 0 saturated carbocycles. The lowest BCUT2D eigenvalue weighted by molar-refractivity contribution is 0.535. The van der Waals surface area contributed by atoms with Gasteiger partial charge in [-0.1, -0.05) is 25.1 Å². The molecule has 2 heterocycles. The highest BCUT2D eigenvalue weighted by Crippen LogP contribution is 2.28. The molecule has 0 aliphatic heterocycles. The van der Waals surface area contributed by atoms with E-state index in [2.05, 4.69) is 23.3 Å². The predicted molar refractivity (Wildman–Crippen MR) is 85.0 cm³/mol. The van der Waals surface area contributed by atoms with Crippen molar-refractivity contribution in [2.24, 2.45) is 0 Å². The van der Waals surface area contributed by atoms with Crippen LogP contribution in [0.3, 0.4) is 0 Å². The lowest BCUT2D eigenvalue weighted by Crippen LogP contribution is -2.22. The smallest absolute Gasteiger partial charge is 0.134 e. The van der Waals surface area contributed by atoms with Gasteiger partial charge in [0.25, 0.3) is 0 Å². The molecule has 0 saturated heterocycles. The number of furan rings is 1. The van der Waals surface area contributed by atoms with Gasteiger partial charge in [-0.2, -0.15) is 0 Å². The van der Waals surface area contributed by atoms with Gasteiger partial charge in [-0.05, 0) is 36.7 Å². The number of hydrogen-bond acceptors (Lipinski definition) is 4. The van der Waals surface area contributed by atoms with Crippen LogP contribution in [0.15, 0.2) is 53.3 Å². The fraction of sp³-hybridized carbons (Fsp3) is 0.235. The minimum Gasteiger partial charge on any atom is -0.464 e. The summed E-state index contributed by atoms with van der Waals surface area (Å²) in [5, 5.41) is 4.68. The molecule has 1 unspecified atom stereocenters. The third kappa shape index (κ3) is 2.90. The fourth-order valence-electron chi connectivity index (χ4n) is 2.66. The molecule has 0 aliphatic carbocycles. The van der Waals surface area contributed by atoms with E-state index in [0.29, 0.717) is 5.82 Å². The lowest BCUT2D eigenvalue weighted by Gasteiger charge is -2.17. The average molecular weight is 281 g/mol. The molecule has 0 bridgehead atoms. The van der Waals surface area contributed by atoms with Gasteiger partial charge in [0, 0.05) is 23.2 Å². The van der Waals surface area contributed by atoms with E-state index < -0.39 is 0 Å². The van der Waals surface area contributed by atoms with Crippen molar-refractivity contribution in [2.45, 2.75) is 19.4 Å². The first-order valence-electron chi connectivity index (χ1n) is 7.18. The third-order valence-electron chi connectivity index (χ3n) is 3.62. The molecule has 3 N–H and O–H groups in total. The Bertz CT molecular complexity index is 735. The summed E-state index contributed by atoms with van der Waals surface area (Å²) in [6.07, 6.45) is 4.45. The monoisotopic (exact) mass is 281 g/mol. The summed E-state index contributed by atoms with van der Waals surface area (Å²) in [7, 11) is 0. The first-order chi connectivity index (χ1) is 10.3. The maximum atomic E-state index is 5.77. The van der Waals surface area contributed by atoms with E-state index >= 15 is 0 Å². The maximum Gasteiger partial charge on any atom is 0.134 e. The number of anilines is 1. The molecule has 4 nitrogen and oxygen atoms in total. The van der Waals surface area contributed by atoms with E-state index in [9.17, 15) is 0 Å². The number of nitrogens with two attached hydrogens (primary N) is 1. The predicted octanol–water partition coefficient (Wildman–Crippen LogP) is 3.30. The molecule has 4 heteroatoms. The Balaban J connectivity index is 1.94. The van der Waals surface area contributed by atoms with Crippen LogP contribution in [0.5, 0.6) is 0 Å². The van der Waals surface area contributed by atoms with Gasteiger partial charge in [-0.3, -0.25) is 0 Å². The largest absolute Gasteiger partial charge is 0.464 e. The van der Waals surface area contributed by atoms with Gasteiger partial charge in [0.2, 0.25) is 0 Å². The number of pyridine rings is 1. The van der Waals surface area contributed by atoms with Crippen LogP contribution >= 0.6 is 0 Å². The summed E-state index contributed by atoms with van der Waals surface area (Å²) >= 11 is 0. The van der Waals surface area contributed by atoms with E-state index in [4.69, 9.17) is 10.2 Å². The second kappa shape index (κ2) is 5.97. The van der Waals surface area contributed by atoms with Gasteiger partial charge in [0.1, 0.15) is 11.4 Å². The molecular weight excluding hydrogens is 262 g/mol. The molecule has 0 amide bonds. The minimum absolute atomic E-state index is 0.195. The van der Waals surface area contributed by atoms with Crippen molar-refractivity contribution in [1.29, 1.82) is 0 Å². The molecule has 108 valence electrons. The second-order valence-electron chi connectivity index (χ2n) is 5.09. The second-order valence-corrected chi connectivity index (χ2v) is 5.09. The average Bonchev–Trinajstić information content (AvgIpc) is 2.91. The van der Waals surface area contributed by atoms with Crippen molar-refractivity contribution in [3.63, 3.8) is 0 Å². The van der Waals surface area contributed by atoms with Crippen LogP contribution < -0.4 is 11.1 Å². The molecule has 0 aliphatic rings. The van der Waals surface area contributed by atoms with E-state index in [1.54, 1.807) is 6.20 Å². The molecule has 0 radical (unpaired) electrons. The molecule has 1 atom stereocenters. The van der Waals surface area contributed by atoms with Gasteiger partial charge < -0.3 is 15.5 Å². The number of rotatable bonds is 5. The SMILES string of the molecule is CCNC(Cc1ccnc(N)c1)c1coc2ccccc12. The van der Waals surface area contributed by atoms with Gasteiger partial charge >= 0.3 is 0 Å². The molecule has 0 spiro atoms. The molecule has 1 aromatic carbocycles. The quantitative estimate of drug-likeness (QED) is 0.753. The summed E-state index contributed by atoms with van der Waals surface area (Å²) in [4.78, 5) is 4.04. The van der Waals surface area contributed by atoms with Gasteiger partial charge in [0.15, 0.2) is 0 Å². The summed E-state index contributed by atoms with van der Waals surface area (Å²) in [5.74, 6) is 0.555. The highest BCUT2D eigenvalue weighted by molar-refractivity contribution is 5.81. The Morgan fingerprint density at radius 1 is 1.29 bits per heavy atom. The Kier molecular flexibility index (Phi) is 3.88. The van der Waals surface area contributed by atoms with Crippen molar-refractivity contribution in [2.75, 3.05) is 12.3 Å². The number of nitrogen functional groups attached to an aromatic ring is 1. The third-order valence-corrected chi connectivity index (χ3v) is 3.62. The maximum absolute atomic E-state index is 5.77. The van der Waals surface area contributed by atoms with E-state index in [1.165, 1.54) is 11.1 Å². The van der Waals surface area contributed by atoms with Crippen molar-refractivity contribution < 1.29 is 4.42 Å². The zero-order chi connectivity index (χ0) is 14.7. The number of hydrogen-bond donors (Lipinski definition) is 2. The van der Waals surface area contributed by atoms with Crippen LogP contribution in [0.1, 0.15) is 24.1 Å². The highest BCUT2D eigenvalue weighted by atomic mass is 16.3. The van der Waals surface area contributed by atoms with Crippen molar-refractivity contribution >= 4 is 16.8 Å². The van der Waals surface area contributed by atoms with Gasteiger partial charge in [-0.15, -0.1) is 0 Å². The molecule has 21 heavy (non-hydrogen) atoms. The first kappa shape index (κ1) is 13.6. The minimum atomic E-state index is 0.195. The van der Waals surface area contributed by atoms with Gasteiger partial charge in [-0.25, -0.2) is 4.98 Å². The molecule has 3 aromatic rings. The van der Waals surface area contributed by atoms with Crippen LogP contribution in [-0.2, 0) is 6.42 Å². The van der Waals surface area contributed by atoms with Crippen LogP contribution in [0.2, 0.25) is 0 Å². The Morgan fingerprint density at radius 2 is 2.14 bits per heavy atom. The van der Waals surface area contributed by atoms with Crippen LogP contribution in [-0.4, -0.2) is 11.5 Å². The fourth-order valence-corrected chi connectivity index (χ4v) is 2.66. The Labute approximate surface area is 124 Å². The Morgan fingerprint density at radius 3 is 2.95 bits per heavy atom. The molecule has 3 rings (SSSR count). The van der Waals surface area contributed by atoms with Gasteiger partial charge in [0.05, 0.1) is 6.26 Å². The van der Waals surface area contributed by atoms with E-state index in [1.807, 2.05) is 36.6 Å². The first-order valence-corrected chi connectivity index (χ1v) is 7.18. The summed E-state index contributed by atoms with van der Waals surface area (Å²) < 4.78 is 5.66. The zero-order valence-electron chi connectivity index (χ0n) is 12.0. The Hall–Kier alpha value is -2.33. The number of aromatic nitrogens is 1. The zero-order valence-corrected chi connectivity index (χ0v) is 12.0. The van der Waals surface area contributed by atoms with Crippen molar-refractivity contribution in [1.82, 2.24) is 10.3 Å². The normalized spacial score (nSPS) is 12.6. The lowest BCUT2D eigenvalue weighted by atomic mass is 9.99. The van der Waals surface area contributed by atoms with Crippen molar-refractivity contribution in [3.8, 4) is 0 Å². The van der Waals surface area contributed by atoms with Crippen LogP contribution in [0, 0.1) is 0 Å². The molecule has 2 aromatic heterocycles. The number of likely N-dealkylation sites (N-methyl/N-ethyl adjacent to an activating group) is 1. The summed E-state index contributed by atoms with van der Waals surface area (Å²) in [6.45, 7) is 3.00. The van der Waals surface area contributed by atoms with Crippen molar-refractivity contribution in [3.05, 3.63) is 60.0 Å². The number of para-hydroxylation sites is 1. The van der Waals surface area contributed by atoms with Crippen LogP contribution in [0.25, 0.3) is 11.0 Å². The number of fused-ring (bicyclic) bond motifs is 1. The number of nitrogens with one attached hydrogen (secondary N) is 1. The summed E-state index contributed by atoms with van der Waals surface area (Å²) in [6, 6.07) is 12.2. The van der Waals surface area contributed by atoms with E-state index in [0.717, 1.165) is 23.9 Å². The van der Waals surface area contributed by atoms with E-state index in [-0.39, 0.29) is 6.04 Å². The summed E-state index contributed by atoms with van der Waals surface area (Å²) in [5.41, 5.74) is 9.04.